The molecule has 2 saturated heterocycles. The topological polar surface area (TPSA) is 94.6 Å². The summed E-state index contributed by atoms with van der Waals surface area (Å²) in [5.41, 5.74) is 1.92. The zero-order valence-corrected chi connectivity index (χ0v) is 19.4. The molecule has 2 aromatic rings. The van der Waals surface area contributed by atoms with Gasteiger partial charge in [-0.05, 0) is 24.3 Å². The second-order valence-corrected chi connectivity index (χ2v) is 8.26. The molecule has 180 valence electrons. The summed E-state index contributed by atoms with van der Waals surface area (Å²) in [5, 5.41) is 13.2. The maximum atomic E-state index is 12.9. The fourth-order valence-electron chi connectivity index (χ4n) is 4.31. The van der Waals surface area contributed by atoms with Crippen LogP contribution in [0.4, 0.5) is 10.5 Å². The van der Waals surface area contributed by atoms with Crippen molar-refractivity contribution in [1.29, 1.82) is 0 Å². The highest BCUT2D eigenvalue weighted by molar-refractivity contribution is 6.14. The van der Waals surface area contributed by atoms with Gasteiger partial charge < -0.3 is 24.8 Å². The summed E-state index contributed by atoms with van der Waals surface area (Å²) in [4.78, 5) is 30.8. The Hall–Kier alpha value is -3.56. The maximum Gasteiger partial charge on any atom is 0.329 e. The van der Waals surface area contributed by atoms with Gasteiger partial charge in [-0.3, -0.25) is 14.6 Å². The van der Waals surface area contributed by atoms with Crippen molar-refractivity contribution in [3.05, 3.63) is 59.8 Å². The van der Waals surface area contributed by atoms with Crippen LogP contribution in [-0.2, 0) is 4.79 Å². The molecule has 2 fully saturated rings. The van der Waals surface area contributed by atoms with E-state index in [1.165, 1.54) is 19.9 Å². The van der Waals surface area contributed by atoms with Gasteiger partial charge in [0.15, 0.2) is 11.5 Å². The minimum Gasteiger partial charge on any atom is -0.493 e. The van der Waals surface area contributed by atoms with E-state index in [4.69, 9.17) is 9.47 Å². The molecule has 2 heterocycles. The predicted molar refractivity (Wildman–Crippen MR) is 129 cm³/mol. The molecule has 0 spiro atoms. The third-order valence-corrected chi connectivity index (χ3v) is 6.05. The van der Waals surface area contributed by atoms with Crippen LogP contribution in [0, 0.1) is 0 Å². The van der Waals surface area contributed by atoms with E-state index in [9.17, 15) is 14.7 Å². The molecular weight excluding hydrogens is 436 g/mol. The highest BCUT2D eigenvalue weighted by atomic mass is 16.5. The van der Waals surface area contributed by atoms with Gasteiger partial charge in [0.2, 0.25) is 0 Å². The van der Waals surface area contributed by atoms with E-state index >= 15 is 0 Å². The Balaban J connectivity index is 1.34. The van der Waals surface area contributed by atoms with Crippen LogP contribution >= 0.6 is 0 Å². The van der Waals surface area contributed by atoms with Crippen molar-refractivity contribution in [2.24, 2.45) is 0 Å². The number of nitrogens with one attached hydrogen (secondary N) is 1. The quantitative estimate of drug-likeness (QED) is 0.452. The van der Waals surface area contributed by atoms with E-state index < -0.39 is 18.0 Å². The Morgan fingerprint density at radius 2 is 1.71 bits per heavy atom. The molecule has 2 aromatic carbocycles. The van der Waals surface area contributed by atoms with Crippen LogP contribution in [0.1, 0.15) is 5.56 Å². The zero-order valence-electron chi connectivity index (χ0n) is 19.4. The zero-order chi connectivity index (χ0) is 24.1. The fraction of sp³-hybridized carbons (Fsp3) is 0.360. The van der Waals surface area contributed by atoms with Gasteiger partial charge in [-0.15, -0.1) is 0 Å². The number of carbonyl (C=O) groups is 2. The van der Waals surface area contributed by atoms with Crippen molar-refractivity contribution in [2.45, 2.75) is 6.10 Å². The monoisotopic (exact) mass is 466 g/mol. The number of aliphatic hydroxyl groups excluding tert-OH is 1. The van der Waals surface area contributed by atoms with E-state index in [2.05, 4.69) is 27.2 Å². The number of ether oxygens (including phenoxy) is 2. The molecule has 0 aliphatic carbocycles. The Morgan fingerprint density at radius 1 is 0.971 bits per heavy atom. The van der Waals surface area contributed by atoms with Gasteiger partial charge in [0.05, 0.1) is 26.9 Å². The first-order valence-corrected chi connectivity index (χ1v) is 11.3. The van der Waals surface area contributed by atoms with Gasteiger partial charge >= 0.3 is 6.03 Å². The van der Waals surface area contributed by atoms with Crippen molar-refractivity contribution in [3.63, 3.8) is 0 Å². The minimum absolute atomic E-state index is 0.0733. The molecular formula is C25H30N4O5. The minimum atomic E-state index is -0.844. The summed E-state index contributed by atoms with van der Waals surface area (Å²) in [7, 11) is 3.04. The lowest BCUT2D eigenvalue weighted by Crippen LogP contribution is -2.50. The molecule has 2 aliphatic rings. The van der Waals surface area contributed by atoms with E-state index in [1.807, 2.05) is 18.2 Å². The summed E-state index contributed by atoms with van der Waals surface area (Å²) in [6, 6.07) is 15.0. The van der Waals surface area contributed by atoms with Crippen molar-refractivity contribution in [2.75, 3.05) is 58.4 Å². The van der Waals surface area contributed by atoms with Gasteiger partial charge in [-0.1, -0.05) is 30.3 Å². The highest BCUT2D eigenvalue weighted by Crippen LogP contribution is 2.32. The first-order valence-electron chi connectivity index (χ1n) is 11.3. The van der Waals surface area contributed by atoms with Crippen LogP contribution in [0.15, 0.2) is 54.2 Å². The highest BCUT2D eigenvalue weighted by Gasteiger charge is 2.35. The number of hydrogen-bond donors (Lipinski definition) is 2. The second-order valence-electron chi connectivity index (χ2n) is 8.26. The summed E-state index contributed by atoms with van der Waals surface area (Å²) < 4.78 is 10.7. The molecule has 9 heteroatoms. The lowest BCUT2D eigenvalue weighted by atomic mass is 10.1. The van der Waals surface area contributed by atoms with Crippen LogP contribution in [0.2, 0.25) is 0 Å². The molecule has 4 rings (SSSR count). The van der Waals surface area contributed by atoms with Crippen molar-refractivity contribution in [3.8, 4) is 11.5 Å². The molecule has 1 atom stereocenters. The Morgan fingerprint density at radius 3 is 2.38 bits per heavy atom. The number of β-amino-alcohol motifs (C(OH)–C–C–N with tert-alkyl or cyclic N) is 1. The average Bonchev–Trinajstić information content (AvgIpc) is 3.12. The van der Waals surface area contributed by atoms with Gasteiger partial charge in [-0.25, -0.2) is 4.79 Å². The molecule has 34 heavy (non-hydrogen) atoms. The van der Waals surface area contributed by atoms with Crippen molar-refractivity contribution < 1.29 is 24.2 Å². The Kier molecular flexibility index (Phi) is 7.34. The SMILES string of the molecule is COc1cccc(C=C2NC(=O)N(CC(O)CN3CCN(c4ccccc4)CC3)C2=O)c1OC. The third-order valence-electron chi connectivity index (χ3n) is 6.05. The Labute approximate surface area is 199 Å². The smallest absolute Gasteiger partial charge is 0.329 e. The van der Waals surface area contributed by atoms with Crippen LogP contribution in [0.25, 0.3) is 6.08 Å². The second kappa shape index (κ2) is 10.6. The molecule has 1 unspecified atom stereocenters. The molecule has 3 amide bonds. The molecule has 2 aliphatic heterocycles. The summed E-state index contributed by atoms with van der Waals surface area (Å²) in [6.45, 7) is 3.63. The number of rotatable bonds is 8. The third kappa shape index (κ3) is 5.16. The molecule has 0 bridgehead atoms. The summed E-state index contributed by atoms with van der Waals surface area (Å²) in [6.07, 6.45) is 0.709. The number of benzene rings is 2. The molecule has 0 aromatic heterocycles. The lowest BCUT2D eigenvalue weighted by molar-refractivity contribution is -0.124. The average molecular weight is 467 g/mol. The number of nitrogens with zero attached hydrogens (tertiary/aromatic N) is 3. The van der Waals surface area contributed by atoms with Crippen molar-refractivity contribution in [1.82, 2.24) is 15.1 Å². The number of hydrogen-bond acceptors (Lipinski definition) is 7. The number of urea groups is 1. The van der Waals surface area contributed by atoms with E-state index in [1.54, 1.807) is 24.3 Å². The van der Waals surface area contributed by atoms with Gasteiger partial charge in [-0.2, -0.15) is 0 Å². The number of amides is 3. The van der Waals surface area contributed by atoms with Crippen LogP contribution in [0.5, 0.6) is 11.5 Å². The van der Waals surface area contributed by atoms with Crippen LogP contribution in [-0.4, -0.2) is 86.4 Å². The fourth-order valence-corrected chi connectivity index (χ4v) is 4.31. The Bertz CT molecular complexity index is 1050. The van der Waals surface area contributed by atoms with Crippen molar-refractivity contribution >= 4 is 23.7 Å². The maximum absolute atomic E-state index is 12.9. The largest absolute Gasteiger partial charge is 0.493 e. The first kappa shape index (κ1) is 23.6. The number of methoxy groups -OCH3 is 2. The summed E-state index contributed by atoms with van der Waals surface area (Å²) in [5.74, 6) is 0.503. The van der Waals surface area contributed by atoms with Gasteiger partial charge in [0.1, 0.15) is 5.70 Å². The number of aliphatic hydroxyl groups is 1. The molecule has 2 N–H and O–H groups in total. The number of imide groups is 1. The normalized spacial score (nSPS) is 18.9. The molecule has 0 saturated carbocycles. The van der Waals surface area contributed by atoms with Crippen LogP contribution < -0.4 is 19.7 Å². The van der Waals surface area contributed by atoms with E-state index in [-0.39, 0.29) is 12.2 Å². The number of carbonyl (C=O) groups excluding carboxylic acids is 2. The lowest BCUT2D eigenvalue weighted by Gasteiger charge is -2.37. The van der Waals surface area contributed by atoms with Gasteiger partial charge in [0, 0.05) is 44.0 Å². The predicted octanol–water partition coefficient (Wildman–Crippen LogP) is 1.78. The number of piperazine rings is 1. The summed E-state index contributed by atoms with van der Waals surface area (Å²) >= 11 is 0. The number of anilines is 1. The van der Waals surface area contributed by atoms with Gasteiger partial charge in [0.25, 0.3) is 5.91 Å². The van der Waals surface area contributed by atoms with E-state index in [0.29, 0.717) is 23.6 Å². The van der Waals surface area contributed by atoms with Crippen LogP contribution in [0.3, 0.4) is 0 Å². The number of para-hydroxylation sites is 2. The first-order chi connectivity index (χ1) is 16.5. The van der Waals surface area contributed by atoms with E-state index in [0.717, 1.165) is 31.1 Å². The molecule has 0 radical (unpaired) electrons. The standard InChI is InChI=1S/C25H30N4O5/c1-33-22-10-6-7-18(23(22)34-2)15-21-24(31)29(25(32)26-21)17-20(30)16-27-11-13-28(14-12-27)19-8-4-3-5-9-19/h3-10,15,20,30H,11-14,16-17H2,1-2H3,(H,26,32). The molecule has 9 nitrogen and oxygen atoms in total.